The molecular weight excluding hydrogens is 232 g/mol. The molecule has 0 aromatic heterocycles. The number of Topliss-reactive ketones (excluding diaryl/α,β-unsaturated/α-hetero) is 1. The van der Waals surface area contributed by atoms with Gasteiger partial charge in [0.1, 0.15) is 12.2 Å². The van der Waals surface area contributed by atoms with Gasteiger partial charge >= 0.3 is 10.4 Å². The summed E-state index contributed by atoms with van der Waals surface area (Å²) in [5, 5.41) is 26.6. The molecule has 0 saturated carbocycles. The normalized spacial score (nSPS) is 32.2. The fourth-order valence-electron chi connectivity index (χ4n) is 0.976. The van der Waals surface area contributed by atoms with Crippen LogP contribution in [0.4, 0.5) is 0 Å². The van der Waals surface area contributed by atoms with Crippen molar-refractivity contribution >= 4 is 16.2 Å². The van der Waals surface area contributed by atoms with Gasteiger partial charge in [-0.2, -0.15) is 8.42 Å². The van der Waals surface area contributed by atoms with Crippen molar-refractivity contribution in [2.75, 3.05) is 13.2 Å². The van der Waals surface area contributed by atoms with Gasteiger partial charge in [-0.25, -0.2) is 8.37 Å². The summed E-state index contributed by atoms with van der Waals surface area (Å²) in [5.74, 6) is -1.11. The van der Waals surface area contributed by atoms with Gasteiger partial charge in [-0.3, -0.25) is 4.79 Å². The third-order valence-corrected chi connectivity index (χ3v) is 2.60. The molecule has 1 heterocycles. The van der Waals surface area contributed by atoms with Crippen LogP contribution in [0.3, 0.4) is 0 Å². The maximum atomic E-state index is 11.2. The molecule has 8 nitrogen and oxygen atoms in total. The van der Waals surface area contributed by atoms with E-state index in [0.717, 1.165) is 0 Å². The van der Waals surface area contributed by atoms with Gasteiger partial charge in [-0.1, -0.05) is 0 Å². The van der Waals surface area contributed by atoms with Gasteiger partial charge in [0.25, 0.3) is 0 Å². The Hall–Kier alpha value is -0.580. The van der Waals surface area contributed by atoms with Gasteiger partial charge in [0.2, 0.25) is 0 Å². The second-order valence-corrected chi connectivity index (χ2v) is 4.12. The molecule has 3 atom stereocenters. The molecule has 0 spiro atoms. The third-order valence-electron chi connectivity index (χ3n) is 1.74. The molecule has 3 N–H and O–H groups in total. The summed E-state index contributed by atoms with van der Waals surface area (Å²) in [6.07, 6.45) is -5.04. The van der Waals surface area contributed by atoms with Crippen LogP contribution in [0.15, 0.2) is 0 Å². The fourth-order valence-corrected chi connectivity index (χ4v) is 1.81. The van der Waals surface area contributed by atoms with E-state index in [-0.39, 0.29) is 0 Å². The highest BCUT2D eigenvalue weighted by Crippen LogP contribution is 2.16. The zero-order valence-electron chi connectivity index (χ0n) is 7.44. The summed E-state index contributed by atoms with van der Waals surface area (Å²) < 4.78 is 29.8. The van der Waals surface area contributed by atoms with Crippen LogP contribution in [0.2, 0.25) is 0 Å². The van der Waals surface area contributed by atoms with Crippen molar-refractivity contribution in [2.24, 2.45) is 0 Å². The summed E-state index contributed by atoms with van der Waals surface area (Å²) in [7, 11) is -4.33. The minimum absolute atomic E-state index is 0.628. The summed E-state index contributed by atoms with van der Waals surface area (Å²) in [5.41, 5.74) is 0. The molecule has 0 aliphatic carbocycles. The van der Waals surface area contributed by atoms with E-state index in [0.29, 0.717) is 0 Å². The first-order valence-electron chi connectivity index (χ1n) is 3.95. The quantitative estimate of drug-likeness (QED) is 0.475. The standard InChI is InChI=1S/C6H10O8S/c7-1-3(8)5(10)6-4(9)2-13-15(11,12)14-6/h3-4,6-9H,1-2H2/t3-,4+,6-/m0/s1. The Balaban J connectivity index is 2.79. The molecule has 0 amide bonds. The average Bonchev–Trinajstić information content (AvgIpc) is 2.19. The summed E-state index contributed by atoms with van der Waals surface area (Å²) in [6.45, 7) is -1.51. The van der Waals surface area contributed by atoms with Gasteiger partial charge in [0.05, 0.1) is 13.2 Å². The number of hydrogen-bond acceptors (Lipinski definition) is 8. The van der Waals surface area contributed by atoms with Crippen molar-refractivity contribution in [3.05, 3.63) is 0 Å². The highest BCUT2D eigenvalue weighted by molar-refractivity contribution is 7.82. The highest BCUT2D eigenvalue weighted by Gasteiger charge is 2.40. The maximum Gasteiger partial charge on any atom is 0.400 e. The first-order valence-corrected chi connectivity index (χ1v) is 5.29. The predicted octanol–water partition coefficient (Wildman–Crippen LogP) is -3.07. The SMILES string of the molecule is O=C([C@H]1OS(=O)(=O)OC[C@H]1O)[C@@H](O)CO. The average molecular weight is 242 g/mol. The topological polar surface area (TPSA) is 130 Å². The van der Waals surface area contributed by atoms with E-state index in [1.165, 1.54) is 0 Å². The minimum atomic E-state index is -4.33. The van der Waals surface area contributed by atoms with E-state index in [2.05, 4.69) is 8.37 Å². The highest BCUT2D eigenvalue weighted by atomic mass is 32.3. The van der Waals surface area contributed by atoms with Crippen LogP contribution in [0.5, 0.6) is 0 Å². The minimum Gasteiger partial charge on any atom is -0.393 e. The lowest BCUT2D eigenvalue weighted by atomic mass is 10.1. The first-order chi connectivity index (χ1) is 6.87. The Labute approximate surface area is 85.4 Å². The summed E-state index contributed by atoms with van der Waals surface area (Å²) in [4.78, 5) is 11.2. The van der Waals surface area contributed by atoms with Gasteiger partial charge < -0.3 is 15.3 Å². The molecule has 9 heteroatoms. The number of rotatable bonds is 3. The number of carbonyl (C=O) groups is 1. The molecule has 88 valence electrons. The zero-order valence-corrected chi connectivity index (χ0v) is 8.25. The lowest BCUT2D eigenvalue weighted by Crippen LogP contribution is -2.50. The van der Waals surface area contributed by atoms with E-state index in [1.807, 2.05) is 0 Å². The molecule has 0 aromatic rings. The summed E-state index contributed by atoms with van der Waals surface area (Å²) in [6, 6.07) is 0. The van der Waals surface area contributed by atoms with E-state index in [4.69, 9.17) is 10.2 Å². The molecule has 1 aliphatic heterocycles. The van der Waals surface area contributed by atoms with Gasteiger partial charge in [0.15, 0.2) is 11.9 Å². The van der Waals surface area contributed by atoms with Crippen LogP contribution < -0.4 is 0 Å². The van der Waals surface area contributed by atoms with Crippen LogP contribution in [-0.2, 0) is 23.6 Å². The second-order valence-electron chi connectivity index (χ2n) is 2.88. The van der Waals surface area contributed by atoms with Crippen LogP contribution in [0, 0.1) is 0 Å². The van der Waals surface area contributed by atoms with Crippen molar-refractivity contribution in [3.8, 4) is 0 Å². The van der Waals surface area contributed by atoms with E-state index < -0.39 is 47.7 Å². The molecule has 1 fully saturated rings. The Morgan fingerprint density at radius 1 is 1.53 bits per heavy atom. The van der Waals surface area contributed by atoms with E-state index >= 15 is 0 Å². The lowest BCUT2D eigenvalue weighted by Gasteiger charge is -2.26. The summed E-state index contributed by atoms with van der Waals surface area (Å²) >= 11 is 0. The van der Waals surface area contributed by atoms with Gasteiger partial charge in [0, 0.05) is 0 Å². The van der Waals surface area contributed by atoms with Crippen LogP contribution in [0.1, 0.15) is 0 Å². The smallest absolute Gasteiger partial charge is 0.393 e. The van der Waals surface area contributed by atoms with Crippen LogP contribution in [0.25, 0.3) is 0 Å². The Morgan fingerprint density at radius 2 is 2.13 bits per heavy atom. The molecule has 1 saturated heterocycles. The molecule has 0 aromatic carbocycles. The van der Waals surface area contributed by atoms with Crippen molar-refractivity contribution in [2.45, 2.75) is 18.3 Å². The Morgan fingerprint density at radius 3 is 2.67 bits per heavy atom. The fraction of sp³-hybridized carbons (Fsp3) is 0.833. The number of aliphatic hydroxyl groups is 3. The molecule has 0 radical (unpaired) electrons. The number of carbonyl (C=O) groups excluding carboxylic acids is 1. The molecule has 15 heavy (non-hydrogen) atoms. The zero-order chi connectivity index (χ0) is 11.6. The molecule has 1 rings (SSSR count). The van der Waals surface area contributed by atoms with Crippen LogP contribution >= 0.6 is 0 Å². The largest absolute Gasteiger partial charge is 0.400 e. The van der Waals surface area contributed by atoms with Crippen molar-refractivity contribution in [1.29, 1.82) is 0 Å². The molecule has 0 unspecified atom stereocenters. The Kier molecular flexibility index (Phi) is 3.76. The third kappa shape index (κ3) is 2.93. The number of ketones is 1. The van der Waals surface area contributed by atoms with Crippen molar-refractivity contribution < 1.29 is 36.9 Å². The van der Waals surface area contributed by atoms with Crippen molar-refractivity contribution in [3.63, 3.8) is 0 Å². The predicted molar refractivity (Wildman–Crippen MR) is 43.9 cm³/mol. The van der Waals surface area contributed by atoms with Gasteiger partial charge in [-0.15, -0.1) is 0 Å². The lowest BCUT2D eigenvalue weighted by molar-refractivity contribution is -0.145. The first kappa shape index (κ1) is 12.5. The van der Waals surface area contributed by atoms with Gasteiger partial charge in [-0.05, 0) is 0 Å². The molecule has 0 bridgehead atoms. The van der Waals surface area contributed by atoms with E-state index in [9.17, 15) is 18.3 Å². The second kappa shape index (κ2) is 4.51. The molecular formula is C6H10O8S. The molecule has 1 aliphatic rings. The monoisotopic (exact) mass is 242 g/mol. The van der Waals surface area contributed by atoms with Crippen LogP contribution in [-0.4, -0.2) is 61.0 Å². The van der Waals surface area contributed by atoms with Crippen molar-refractivity contribution in [1.82, 2.24) is 0 Å². The number of hydrogen-bond donors (Lipinski definition) is 3. The maximum absolute atomic E-state index is 11.2. The number of aliphatic hydroxyl groups excluding tert-OH is 3. The van der Waals surface area contributed by atoms with E-state index in [1.54, 1.807) is 0 Å². The Bertz CT molecular complexity index is 335.